The van der Waals surface area contributed by atoms with Crippen LogP contribution >= 0.6 is 0 Å². The number of carbonyl (C=O) groups is 1. The molecular weight excluding hydrogens is 368 g/mol. The summed E-state index contributed by atoms with van der Waals surface area (Å²) in [5.41, 5.74) is 1.45. The van der Waals surface area contributed by atoms with Crippen molar-refractivity contribution < 1.29 is 9.90 Å². The lowest BCUT2D eigenvalue weighted by Gasteiger charge is -2.60. The molecule has 0 unspecified atom stereocenters. The number of aliphatic hydroxyl groups is 1. The molecule has 1 N–H and O–H groups in total. The summed E-state index contributed by atoms with van der Waals surface area (Å²) in [6, 6.07) is 0. The number of hydrogen-bond donors (Lipinski definition) is 1. The van der Waals surface area contributed by atoms with Crippen molar-refractivity contribution in [3.63, 3.8) is 0 Å². The van der Waals surface area contributed by atoms with Crippen LogP contribution in [0.5, 0.6) is 0 Å². The van der Waals surface area contributed by atoms with Gasteiger partial charge in [-0.3, -0.25) is 4.79 Å². The molecule has 8 atom stereocenters. The Morgan fingerprint density at radius 1 is 1.00 bits per heavy atom. The highest BCUT2D eigenvalue weighted by molar-refractivity contribution is 5.96. The van der Waals surface area contributed by atoms with Crippen LogP contribution in [0.3, 0.4) is 0 Å². The van der Waals surface area contributed by atoms with Crippen molar-refractivity contribution in [1.29, 1.82) is 0 Å². The standard InChI is InChI=1S/C28H46O2/c1-18(2)7-6-8-19(3)23-11-12-24-22-10-9-21-15-26(30)20(17-29)16-28(21,5)25(22)13-14-27(23,24)4/h17-19,21-25,29H,6-16H2,1-5H3/b20-17-/t19-,21-,22-,23+,24-,25-,27+,28-/m0/s1. The Morgan fingerprint density at radius 3 is 2.43 bits per heavy atom. The van der Waals surface area contributed by atoms with Crippen LogP contribution in [0.4, 0.5) is 0 Å². The highest BCUT2D eigenvalue weighted by atomic mass is 16.2. The maximum absolute atomic E-state index is 12.4. The van der Waals surface area contributed by atoms with Crippen LogP contribution in [-0.4, -0.2) is 10.9 Å². The molecule has 170 valence electrons. The van der Waals surface area contributed by atoms with Crippen LogP contribution in [0.2, 0.25) is 0 Å². The van der Waals surface area contributed by atoms with Gasteiger partial charge >= 0.3 is 0 Å². The Balaban J connectivity index is 1.50. The maximum atomic E-state index is 12.4. The van der Waals surface area contributed by atoms with Crippen molar-refractivity contribution in [2.45, 2.75) is 105 Å². The van der Waals surface area contributed by atoms with E-state index in [0.717, 1.165) is 48.2 Å². The first-order valence-corrected chi connectivity index (χ1v) is 13.1. The lowest BCUT2D eigenvalue weighted by molar-refractivity contribution is -0.133. The third kappa shape index (κ3) is 3.58. The number of hydrogen-bond acceptors (Lipinski definition) is 2. The van der Waals surface area contributed by atoms with Gasteiger partial charge in [-0.2, -0.15) is 0 Å². The smallest absolute Gasteiger partial charge is 0.162 e. The van der Waals surface area contributed by atoms with Crippen molar-refractivity contribution in [2.24, 2.45) is 52.3 Å². The molecule has 0 spiro atoms. The summed E-state index contributed by atoms with van der Waals surface area (Å²) in [6.07, 6.45) is 14.9. The molecule has 4 saturated carbocycles. The monoisotopic (exact) mass is 414 g/mol. The Labute approximate surface area is 185 Å². The summed E-state index contributed by atoms with van der Waals surface area (Å²) >= 11 is 0. The average Bonchev–Trinajstić information content (AvgIpc) is 3.05. The SMILES string of the molecule is CC(C)CCC[C@H](C)[C@H]1CC[C@H]2[C@@H]3CC[C@H]4CC(=O)/C(=C\O)C[C@]4(C)[C@H]3CC[C@]12C. The third-order valence-electron chi connectivity index (χ3n) is 10.8. The quantitative estimate of drug-likeness (QED) is 0.369. The second-order valence-corrected chi connectivity index (χ2v) is 12.6. The van der Waals surface area contributed by atoms with Gasteiger partial charge in [0.05, 0.1) is 6.26 Å². The highest BCUT2D eigenvalue weighted by Crippen LogP contribution is 2.68. The van der Waals surface area contributed by atoms with Gasteiger partial charge in [-0.1, -0.05) is 53.9 Å². The highest BCUT2D eigenvalue weighted by Gasteiger charge is 2.61. The molecule has 0 aromatic heterocycles. The minimum absolute atomic E-state index is 0.204. The van der Waals surface area contributed by atoms with Gasteiger partial charge in [0.1, 0.15) is 0 Å². The first-order valence-electron chi connectivity index (χ1n) is 13.1. The van der Waals surface area contributed by atoms with E-state index >= 15 is 0 Å². The number of ketones is 1. The minimum Gasteiger partial charge on any atom is -0.515 e. The van der Waals surface area contributed by atoms with Gasteiger partial charge < -0.3 is 5.11 Å². The van der Waals surface area contributed by atoms with Crippen LogP contribution in [-0.2, 0) is 4.79 Å². The molecule has 2 nitrogen and oxygen atoms in total. The summed E-state index contributed by atoms with van der Waals surface area (Å²) in [7, 11) is 0. The van der Waals surface area contributed by atoms with E-state index in [4.69, 9.17) is 0 Å². The lowest BCUT2D eigenvalue weighted by Crippen LogP contribution is -2.54. The largest absolute Gasteiger partial charge is 0.515 e. The molecule has 0 radical (unpaired) electrons. The fourth-order valence-corrected chi connectivity index (χ4v) is 9.15. The fraction of sp³-hybridized carbons (Fsp3) is 0.893. The van der Waals surface area contributed by atoms with Gasteiger partial charge in [-0.15, -0.1) is 0 Å². The third-order valence-corrected chi connectivity index (χ3v) is 10.8. The van der Waals surface area contributed by atoms with Crippen molar-refractivity contribution in [2.75, 3.05) is 0 Å². The van der Waals surface area contributed by atoms with Crippen LogP contribution in [0.25, 0.3) is 0 Å². The van der Waals surface area contributed by atoms with Gasteiger partial charge in [0, 0.05) is 12.0 Å². The predicted octanol–water partition coefficient (Wildman–Crippen LogP) is 7.73. The normalized spacial score (nSPS) is 45.9. The lowest BCUT2D eigenvalue weighted by atomic mass is 9.44. The average molecular weight is 415 g/mol. The van der Waals surface area contributed by atoms with Gasteiger partial charge in [-0.05, 0) is 97.2 Å². The van der Waals surface area contributed by atoms with Crippen LogP contribution in [0, 0.1) is 52.3 Å². The van der Waals surface area contributed by atoms with Crippen LogP contribution in [0.1, 0.15) is 105 Å². The molecule has 30 heavy (non-hydrogen) atoms. The molecule has 2 heteroatoms. The first kappa shape index (κ1) is 22.4. The van der Waals surface area contributed by atoms with E-state index in [1.54, 1.807) is 0 Å². The molecular formula is C28H46O2. The Bertz CT molecular complexity index is 678. The van der Waals surface area contributed by atoms with E-state index in [1.807, 2.05) is 0 Å². The zero-order valence-electron chi connectivity index (χ0n) is 20.3. The Kier molecular flexibility index (Phi) is 6.19. The van der Waals surface area contributed by atoms with Crippen molar-refractivity contribution >= 4 is 5.78 Å². The second-order valence-electron chi connectivity index (χ2n) is 12.6. The molecule has 0 saturated heterocycles. The molecule has 0 aliphatic heterocycles. The number of carbonyl (C=O) groups excluding carboxylic acids is 1. The Hall–Kier alpha value is -0.790. The van der Waals surface area contributed by atoms with E-state index in [-0.39, 0.29) is 11.2 Å². The summed E-state index contributed by atoms with van der Waals surface area (Å²) in [4.78, 5) is 12.4. The molecule has 4 aliphatic rings. The predicted molar refractivity (Wildman–Crippen MR) is 124 cm³/mol. The molecule has 0 amide bonds. The molecule has 0 heterocycles. The zero-order valence-corrected chi connectivity index (χ0v) is 20.3. The topological polar surface area (TPSA) is 37.3 Å². The molecule has 4 fully saturated rings. The maximum Gasteiger partial charge on any atom is 0.162 e. The fourth-order valence-electron chi connectivity index (χ4n) is 9.15. The molecule has 4 aliphatic carbocycles. The van der Waals surface area contributed by atoms with Gasteiger partial charge in [0.25, 0.3) is 0 Å². The summed E-state index contributed by atoms with van der Waals surface area (Å²) in [5.74, 6) is 5.79. The van der Waals surface area contributed by atoms with E-state index in [0.29, 0.717) is 23.3 Å². The zero-order chi connectivity index (χ0) is 21.7. The number of Topliss-reactive ketones (excluding diaryl/α,β-unsaturated/α-hetero) is 1. The molecule has 0 aromatic rings. The van der Waals surface area contributed by atoms with Crippen LogP contribution < -0.4 is 0 Å². The molecule has 4 rings (SSSR count). The number of rotatable bonds is 5. The molecule has 0 bridgehead atoms. The number of allylic oxidation sites excluding steroid dienone is 1. The van der Waals surface area contributed by atoms with Gasteiger partial charge in [0.2, 0.25) is 0 Å². The second kappa shape index (κ2) is 8.28. The summed E-state index contributed by atoms with van der Waals surface area (Å²) < 4.78 is 0. The van der Waals surface area contributed by atoms with Crippen LogP contribution in [0.15, 0.2) is 11.8 Å². The van der Waals surface area contributed by atoms with Gasteiger partial charge in [0.15, 0.2) is 5.78 Å². The number of aliphatic hydroxyl groups excluding tert-OH is 1. The van der Waals surface area contributed by atoms with E-state index in [2.05, 4.69) is 34.6 Å². The van der Waals surface area contributed by atoms with E-state index in [9.17, 15) is 9.90 Å². The minimum atomic E-state index is 0.204. The van der Waals surface area contributed by atoms with E-state index in [1.165, 1.54) is 57.8 Å². The van der Waals surface area contributed by atoms with Gasteiger partial charge in [-0.25, -0.2) is 0 Å². The van der Waals surface area contributed by atoms with Crippen molar-refractivity contribution in [3.05, 3.63) is 11.8 Å². The van der Waals surface area contributed by atoms with Crippen molar-refractivity contribution in [3.8, 4) is 0 Å². The molecule has 0 aromatic carbocycles. The van der Waals surface area contributed by atoms with Crippen molar-refractivity contribution in [1.82, 2.24) is 0 Å². The van der Waals surface area contributed by atoms with E-state index < -0.39 is 0 Å². The summed E-state index contributed by atoms with van der Waals surface area (Å²) in [6.45, 7) is 12.4. The first-order chi connectivity index (χ1) is 14.2. The summed E-state index contributed by atoms with van der Waals surface area (Å²) in [5, 5.41) is 9.67. The Morgan fingerprint density at radius 2 is 1.73 bits per heavy atom. The number of fused-ring (bicyclic) bond motifs is 5.